The van der Waals surface area contributed by atoms with Crippen LogP contribution in [0.1, 0.15) is 20.9 Å². The molecule has 1 unspecified atom stereocenters. The van der Waals surface area contributed by atoms with Gasteiger partial charge in [-0.25, -0.2) is 14.8 Å². The standard InChI is InChI=1S/C27H21ClN4O3S2/c1-14-16(28)9-7-12-17(14)31-26-21(25-32-19-11-5-6-13-20(19)36-25)22(29)23(37-26)24(33)30-18-10-4-3-8-15(18)27(34)35-2/h3-13,23H,29H2,1-2H3,(H,30,33). The largest absolute Gasteiger partial charge is 0.465 e. The molecule has 4 aromatic rings. The zero-order valence-electron chi connectivity index (χ0n) is 19.8. The van der Waals surface area contributed by atoms with E-state index in [4.69, 9.17) is 32.0 Å². The van der Waals surface area contributed by atoms with Gasteiger partial charge in [0, 0.05) is 10.7 Å². The van der Waals surface area contributed by atoms with E-state index in [1.807, 2.05) is 43.3 Å². The van der Waals surface area contributed by atoms with Crippen LogP contribution >= 0.6 is 34.7 Å². The van der Waals surface area contributed by atoms with Crippen LogP contribution in [0.3, 0.4) is 0 Å². The van der Waals surface area contributed by atoms with E-state index in [2.05, 4.69) is 5.32 Å². The Morgan fingerprint density at radius 1 is 1.08 bits per heavy atom. The van der Waals surface area contributed by atoms with Crippen molar-refractivity contribution in [3.8, 4) is 0 Å². The third-order valence-corrected chi connectivity index (χ3v) is 8.50. The van der Waals surface area contributed by atoms with Gasteiger partial charge in [0.2, 0.25) is 5.91 Å². The number of halogens is 1. The molecule has 0 bridgehead atoms. The van der Waals surface area contributed by atoms with E-state index in [1.165, 1.54) is 30.2 Å². The van der Waals surface area contributed by atoms with Crippen molar-refractivity contribution < 1.29 is 14.3 Å². The van der Waals surface area contributed by atoms with Crippen molar-refractivity contribution in [3.63, 3.8) is 0 Å². The highest BCUT2D eigenvalue weighted by Crippen LogP contribution is 2.43. The number of aromatic nitrogens is 1. The summed E-state index contributed by atoms with van der Waals surface area (Å²) in [6.07, 6.45) is 0. The molecule has 186 valence electrons. The molecule has 1 aliphatic rings. The van der Waals surface area contributed by atoms with Crippen LogP contribution in [0.25, 0.3) is 15.8 Å². The number of methoxy groups -OCH3 is 1. The van der Waals surface area contributed by atoms with Gasteiger partial charge in [-0.1, -0.05) is 53.7 Å². The molecule has 1 atom stereocenters. The molecule has 5 rings (SSSR count). The summed E-state index contributed by atoms with van der Waals surface area (Å²) in [7, 11) is 1.29. The number of hydrogen-bond donors (Lipinski definition) is 2. The maximum Gasteiger partial charge on any atom is 0.339 e. The Bertz CT molecular complexity index is 1580. The predicted octanol–water partition coefficient (Wildman–Crippen LogP) is 6.20. The molecule has 0 spiro atoms. The van der Waals surface area contributed by atoms with E-state index in [0.29, 0.717) is 37.7 Å². The number of thioether (sulfide) groups is 1. The number of fused-ring (bicyclic) bond motifs is 1. The normalized spacial score (nSPS) is 16.4. The second kappa shape index (κ2) is 10.4. The van der Waals surface area contributed by atoms with E-state index >= 15 is 0 Å². The average Bonchev–Trinajstić information content (AvgIpc) is 3.47. The lowest BCUT2D eigenvalue weighted by atomic mass is 10.1. The van der Waals surface area contributed by atoms with Gasteiger partial charge >= 0.3 is 5.97 Å². The van der Waals surface area contributed by atoms with Gasteiger partial charge in [0.05, 0.1) is 39.8 Å². The maximum absolute atomic E-state index is 13.5. The molecule has 0 radical (unpaired) electrons. The van der Waals surface area contributed by atoms with Crippen LogP contribution < -0.4 is 11.1 Å². The fourth-order valence-electron chi connectivity index (χ4n) is 3.86. The molecular formula is C27H21ClN4O3S2. The molecule has 3 N–H and O–H groups in total. The van der Waals surface area contributed by atoms with Gasteiger partial charge in [0.15, 0.2) is 0 Å². The van der Waals surface area contributed by atoms with Crippen molar-refractivity contribution >= 4 is 78.8 Å². The minimum atomic E-state index is -0.786. The molecule has 2 heterocycles. The number of hydrogen-bond acceptors (Lipinski definition) is 8. The summed E-state index contributed by atoms with van der Waals surface area (Å²) in [5.74, 6) is -0.933. The van der Waals surface area contributed by atoms with Gasteiger partial charge < -0.3 is 15.8 Å². The third kappa shape index (κ3) is 4.85. The van der Waals surface area contributed by atoms with E-state index < -0.39 is 11.2 Å². The number of nitrogens with zero attached hydrogens (tertiary/aromatic N) is 2. The zero-order chi connectivity index (χ0) is 26.1. The molecule has 0 aliphatic carbocycles. The monoisotopic (exact) mass is 548 g/mol. The molecule has 7 nitrogen and oxygen atoms in total. The van der Waals surface area contributed by atoms with E-state index in [9.17, 15) is 9.59 Å². The van der Waals surface area contributed by atoms with Crippen molar-refractivity contribution in [3.05, 3.63) is 93.6 Å². The Hall–Kier alpha value is -3.66. The van der Waals surface area contributed by atoms with Gasteiger partial charge in [-0.2, -0.15) is 0 Å². The summed E-state index contributed by atoms with van der Waals surface area (Å²) >= 11 is 9.05. The summed E-state index contributed by atoms with van der Waals surface area (Å²) < 4.78 is 5.85. The fraction of sp³-hybridized carbons (Fsp3) is 0.111. The minimum absolute atomic E-state index is 0.249. The number of nitrogens with one attached hydrogen (secondary N) is 1. The number of carbonyl (C=O) groups is 2. The van der Waals surface area contributed by atoms with Crippen molar-refractivity contribution in [2.24, 2.45) is 10.7 Å². The van der Waals surface area contributed by atoms with Gasteiger partial charge in [-0.05, 0) is 48.9 Å². The Morgan fingerprint density at radius 3 is 2.62 bits per heavy atom. The number of nitrogens with two attached hydrogens (primary N) is 1. The number of para-hydroxylation sites is 2. The van der Waals surface area contributed by atoms with Crippen LogP contribution in [0, 0.1) is 6.92 Å². The molecule has 10 heteroatoms. The van der Waals surface area contributed by atoms with Crippen LogP contribution in [0.5, 0.6) is 0 Å². The van der Waals surface area contributed by atoms with Gasteiger partial charge in [-0.3, -0.25) is 4.79 Å². The smallest absolute Gasteiger partial charge is 0.339 e. The summed E-state index contributed by atoms with van der Waals surface area (Å²) in [6.45, 7) is 1.89. The van der Waals surface area contributed by atoms with Crippen molar-refractivity contribution in [1.29, 1.82) is 0 Å². The number of amides is 1. The molecule has 1 aliphatic heterocycles. The highest BCUT2D eigenvalue weighted by atomic mass is 35.5. The van der Waals surface area contributed by atoms with Crippen LogP contribution in [-0.4, -0.2) is 34.3 Å². The third-order valence-electron chi connectivity index (χ3n) is 5.81. The summed E-state index contributed by atoms with van der Waals surface area (Å²) in [5.41, 5.74) is 10.5. The molecule has 1 aromatic heterocycles. The second-order valence-electron chi connectivity index (χ2n) is 8.14. The molecule has 37 heavy (non-hydrogen) atoms. The molecule has 3 aromatic carbocycles. The number of ether oxygens (including phenoxy) is 1. The first kappa shape index (κ1) is 25.0. The van der Waals surface area contributed by atoms with Crippen LogP contribution in [-0.2, 0) is 9.53 Å². The Labute approximate surface area is 226 Å². The van der Waals surface area contributed by atoms with Crippen LogP contribution in [0.15, 0.2) is 77.4 Å². The Balaban J connectivity index is 1.57. The van der Waals surface area contributed by atoms with E-state index in [-0.39, 0.29) is 11.5 Å². The summed E-state index contributed by atoms with van der Waals surface area (Å²) in [4.78, 5) is 35.3. The Kier molecular flexibility index (Phi) is 7.01. The number of aliphatic imine (C=N–C) groups is 1. The first-order valence-corrected chi connectivity index (χ1v) is 13.3. The van der Waals surface area contributed by atoms with Gasteiger partial charge in [-0.15, -0.1) is 11.3 Å². The first-order valence-electron chi connectivity index (χ1n) is 11.2. The topological polar surface area (TPSA) is 107 Å². The molecule has 0 saturated heterocycles. The maximum atomic E-state index is 13.5. The number of carbonyl (C=O) groups excluding carboxylic acids is 2. The number of esters is 1. The molecular weight excluding hydrogens is 528 g/mol. The van der Waals surface area contributed by atoms with E-state index in [0.717, 1.165) is 15.8 Å². The van der Waals surface area contributed by atoms with Gasteiger partial charge in [0.25, 0.3) is 0 Å². The average molecular weight is 549 g/mol. The van der Waals surface area contributed by atoms with Crippen molar-refractivity contribution in [1.82, 2.24) is 4.98 Å². The second-order valence-corrected chi connectivity index (χ2v) is 10.7. The molecule has 0 fully saturated rings. The quantitative estimate of drug-likeness (QED) is 0.288. The van der Waals surface area contributed by atoms with Crippen molar-refractivity contribution in [2.75, 3.05) is 12.4 Å². The van der Waals surface area contributed by atoms with E-state index in [1.54, 1.807) is 30.3 Å². The van der Waals surface area contributed by atoms with Crippen LogP contribution in [0.2, 0.25) is 5.02 Å². The summed E-state index contributed by atoms with van der Waals surface area (Å²) in [6, 6.07) is 19.9. The molecule has 1 amide bonds. The van der Waals surface area contributed by atoms with Gasteiger partial charge in [0.1, 0.15) is 15.3 Å². The predicted molar refractivity (Wildman–Crippen MR) is 152 cm³/mol. The van der Waals surface area contributed by atoms with Crippen molar-refractivity contribution in [2.45, 2.75) is 12.2 Å². The number of benzene rings is 3. The number of anilines is 1. The van der Waals surface area contributed by atoms with Crippen LogP contribution in [0.4, 0.5) is 11.4 Å². The first-order chi connectivity index (χ1) is 17.9. The number of rotatable bonds is 5. The Morgan fingerprint density at radius 2 is 1.84 bits per heavy atom. The zero-order valence-corrected chi connectivity index (χ0v) is 22.2. The number of thiazole rings is 1. The lowest BCUT2D eigenvalue weighted by molar-refractivity contribution is -0.115. The minimum Gasteiger partial charge on any atom is -0.465 e. The molecule has 0 saturated carbocycles. The SMILES string of the molecule is COC(=O)c1ccccc1NC(=O)C1SC(=Nc2cccc(Cl)c2C)C(c2nc3ccccc3s2)=C1N. The lowest BCUT2D eigenvalue weighted by Crippen LogP contribution is -2.29. The highest BCUT2D eigenvalue weighted by Gasteiger charge is 2.37. The summed E-state index contributed by atoms with van der Waals surface area (Å²) in [5, 5.41) is 3.89. The highest BCUT2D eigenvalue weighted by molar-refractivity contribution is 8.16. The fourth-order valence-corrected chi connectivity index (χ4v) is 6.25. The lowest BCUT2D eigenvalue weighted by Gasteiger charge is -2.13.